The summed E-state index contributed by atoms with van der Waals surface area (Å²) >= 11 is 0. The van der Waals surface area contributed by atoms with Crippen LogP contribution >= 0.6 is 0 Å². The molecule has 3 saturated carbocycles. The molecule has 0 aromatic heterocycles. The number of nitriles is 1. The van der Waals surface area contributed by atoms with Crippen LogP contribution in [-0.2, 0) is 4.79 Å². The molecule has 37 heavy (non-hydrogen) atoms. The highest BCUT2D eigenvalue weighted by molar-refractivity contribution is 6.09. The van der Waals surface area contributed by atoms with Crippen LogP contribution in [0.25, 0.3) is 0 Å². The fourth-order valence-electron chi connectivity index (χ4n) is 6.22. The lowest BCUT2D eigenvalue weighted by atomic mass is 9.56. The SMILES string of the molecule is N#C[C@@H]1C[C@H](F)CN1C(=O)CNC12CCC(C(O)Nc3ccc(C(=O)c4ccccc4)cc3)(CC1)CC2. The predicted molar refractivity (Wildman–Crippen MR) is 137 cm³/mol. The fourth-order valence-corrected chi connectivity index (χ4v) is 6.22. The molecule has 1 unspecified atom stereocenters. The second kappa shape index (κ2) is 10.2. The molecule has 7 nitrogen and oxygen atoms in total. The van der Waals surface area contributed by atoms with Crippen molar-refractivity contribution in [2.75, 3.05) is 18.4 Å². The Labute approximate surface area is 216 Å². The third kappa shape index (κ3) is 5.11. The number of rotatable bonds is 8. The summed E-state index contributed by atoms with van der Waals surface area (Å²) in [5, 5.41) is 27.1. The minimum Gasteiger partial charge on any atom is -0.373 e. The van der Waals surface area contributed by atoms with Gasteiger partial charge in [0.1, 0.15) is 18.4 Å². The first-order valence-electron chi connectivity index (χ1n) is 13.1. The van der Waals surface area contributed by atoms with Gasteiger partial charge in [-0.25, -0.2) is 4.39 Å². The topological polar surface area (TPSA) is 105 Å². The minimum absolute atomic E-state index is 0.00585. The molecule has 3 N–H and O–H groups in total. The van der Waals surface area contributed by atoms with Gasteiger partial charge in [-0.3, -0.25) is 9.59 Å². The Hall–Kier alpha value is -3.28. The van der Waals surface area contributed by atoms with E-state index in [0.29, 0.717) is 11.1 Å². The first-order valence-corrected chi connectivity index (χ1v) is 13.1. The highest BCUT2D eigenvalue weighted by Gasteiger charge is 2.52. The number of alkyl halides is 1. The largest absolute Gasteiger partial charge is 0.373 e. The molecule has 3 aliphatic carbocycles. The third-order valence-electron chi connectivity index (χ3n) is 8.70. The lowest BCUT2D eigenvalue weighted by Gasteiger charge is -2.55. The summed E-state index contributed by atoms with van der Waals surface area (Å²) in [6, 6.07) is 17.7. The van der Waals surface area contributed by atoms with E-state index in [1.807, 2.05) is 36.4 Å². The Morgan fingerprint density at radius 2 is 1.65 bits per heavy atom. The molecular formula is C29H33FN4O3. The number of likely N-dealkylation sites (tertiary alicyclic amines) is 1. The number of fused-ring (bicyclic) bond motifs is 3. The van der Waals surface area contributed by atoms with Crippen molar-refractivity contribution < 1.29 is 19.1 Å². The zero-order chi connectivity index (χ0) is 26.0. The second-order valence-corrected chi connectivity index (χ2v) is 10.8. The maximum absolute atomic E-state index is 13.7. The molecule has 1 heterocycles. The summed E-state index contributed by atoms with van der Waals surface area (Å²) in [4.78, 5) is 26.7. The maximum atomic E-state index is 13.7. The van der Waals surface area contributed by atoms with Crippen molar-refractivity contribution in [3.05, 3.63) is 65.7 Å². The molecule has 0 spiro atoms. The van der Waals surface area contributed by atoms with Crippen LogP contribution in [0.2, 0.25) is 0 Å². The first kappa shape index (κ1) is 25.4. The van der Waals surface area contributed by atoms with Gasteiger partial charge in [-0.1, -0.05) is 30.3 Å². The van der Waals surface area contributed by atoms with Gasteiger partial charge in [-0.2, -0.15) is 5.26 Å². The van der Waals surface area contributed by atoms with E-state index in [9.17, 15) is 24.3 Å². The summed E-state index contributed by atoms with van der Waals surface area (Å²) in [5.74, 6) is -0.259. The van der Waals surface area contributed by atoms with Gasteiger partial charge in [-0.15, -0.1) is 0 Å². The number of benzene rings is 2. The monoisotopic (exact) mass is 504 g/mol. The number of anilines is 1. The van der Waals surface area contributed by atoms with Crippen LogP contribution < -0.4 is 10.6 Å². The van der Waals surface area contributed by atoms with Crippen LogP contribution in [0.4, 0.5) is 10.1 Å². The van der Waals surface area contributed by atoms with E-state index in [0.717, 1.165) is 44.2 Å². The zero-order valence-electron chi connectivity index (χ0n) is 20.8. The molecular weight excluding hydrogens is 471 g/mol. The normalized spacial score (nSPS) is 29.5. The van der Waals surface area contributed by atoms with Crippen LogP contribution in [0, 0.1) is 16.7 Å². The molecule has 1 aliphatic heterocycles. The lowest BCUT2D eigenvalue weighted by Crippen LogP contribution is -2.60. The number of carbonyl (C=O) groups is 2. The smallest absolute Gasteiger partial charge is 0.237 e. The number of ketones is 1. The second-order valence-electron chi connectivity index (χ2n) is 10.8. The van der Waals surface area contributed by atoms with Crippen molar-refractivity contribution >= 4 is 17.4 Å². The number of nitrogens with zero attached hydrogens (tertiary/aromatic N) is 2. The van der Waals surface area contributed by atoms with E-state index in [1.54, 1.807) is 24.3 Å². The fraction of sp³-hybridized carbons (Fsp3) is 0.483. The molecule has 4 aliphatic rings. The quantitative estimate of drug-likeness (QED) is 0.373. The van der Waals surface area contributed by atoms with E-state index in [4.69, 9.17) is 0 Å². The maximum Gasteiger partial charge on any atom is 0.237 e. The predicted octanol–water partition coefficient (Wildman–Crippen LogP) is 3.79. The number of hydrogen-bond acceptors (Lipinski definition) is 6. The zero-order valence-corrected chi connectivity index (χ0v) is 20.8. The van der Waals surface area contributed by atoms with Crippen molar-refractivity contribution in [3.63, 3.8) is 0 Å². The molecule has 3 atom stereocenters. The highest BCUT2D eigenvalue weighted by Crippen LogP contribution is 2.54. The number of amides is 1. The molecule has 1 amide bonds. The Morgan fingerprint density at radius 1 is 1.03 bits per heavy atom. The van der Waals surface area contributed by atoms with Crippen LogP contribution in [0.1, 0.15) is 60.9 Å². The van der Waals surface area contributed by atoms with Gasteiger partial charge in [0.25, 0.3) is 0 Å². The summed E-state index contributed by atoms with van der Waals surface area (Å²) in [5.41, 5.74) is 1.60. The van der Waals surface area contributed by atoms with E-state index in [1.165, 1.54) is 4.90 Å². The van der Waals surface area contributed by atoms with Gasteiger partial charge < -0.3 is 20.6 Å². The Kier molecular flexibility index (Phi) is 7.02. The van der Waals surface area contributed by atoms with Crippen molar-refractivity contribution in [2.45, 2.75) is 68.9 Å². The van der Waals surface area contributed by atoms with E-state index in [-0.39, 0.29) is 42.2 Å². The standard InChI is InChI=1S/C29H33FN4O3/c30-22-16-24(17-31)34(19-22)25(35)18-32-29-13-10-28(11-14-29,12-15-29)27(37)33-23-8-6-21(7-9-23)26(36)20-4-2-1-3-5-20/h1-9,22,24,27,32-33,37H,10-16,18-19H2/t22-,24-,27?,28?,29?/m0/s1. The number of aliphatic hydroxyl groups is 1. The van der Waals surface area contributed by atoms with Crippen molar-refractivity contribution in [3.8, 4) is 6.07 Å². The molecule has 2 aromatic rings. The number of hydrogen-bond donors (Lipinski definition) is 3. The number of nitrogens with one attached hydrogen (secondary N) is 2. The summed E-state index contributed by atoms with van der Waals surface area (Å²) in [7, 11) is 0. The van der Waals surface area contributed by atoms with Crippen molar-refractivity contribution in [2.24, 2.45) is 5.41 Å². The summed E-state index contributed by atoms with van der Waals surface area (Å²) in [6.07, 6.45) is 3.24. The van der Waals surface area contributed by atoms with Gasteiger partial charge in [0.2, 0.25) is 5.91 Å². The molecule has 2 bridgehead atoms. The van der Waals surface area contributed by atoms with Gasteiger partial charge in [-0.05, 0) is 62.8 Å². The Balaban J connectivity index is 1.14. The molecule has 6 rings (SSSR count). The average molecular weight is 505 g/mol. The van der Waals surface area contributed by atoms with E-state index < -0.39 is 18.4 Å². The molecule has 4 fully saturated rings. The van der Waals surface area contributed by atoms with Gasteiger partial charge in [0.05, 0.1) is 19.2 Å². The molecule has 194 valence electrons. The first-order chi connectivity index (χ1) is 17.8. The van der Waals surface area contributed by atoms with Crippen LogP contribution in [-0.4, -0.2) is 58.8 Å². The molecule has 8 heteroatoms. The van der Waals surface area contributed by atoms with Gasteiger partial charge in [0, 0.05) is 34.2 Å². The molecule has 2 aromatic carbocycles. The van der Waals surface area contributed by atoms with Gasteiger partial charge >= 0.3 is 0 Å². The average Bonchev–Trinajstić information content (AvgIpc) is 3.34. The summed E-state index contributed by atoms with van der Waals surface area (Å²) in [6.45, 7) is 0.0981. The number of aliphatic hydroxyl groups excluding tert-OH is 1. The van der Waals surface area contributed by atoms with E-state index >= 15 is 0 Å². The van der Waals surface area contributed by atoms with Crippen LogP contribution in [0.15, 0.2) is 54.6 Å². The van der Waals surface area contributed by atoms with Crippen LogP contribution in [0.3, 0.4) is 0 Å². The molecule has 1 saturated heterocycles. The Morgan fingerprint density at radius 3 is 2.27 bits per heavy atom. The van der Waals surface area contributed by atoms with Crippen LogP contribution in [0.5, 0.6) is 0 Å². The number of carbonyl (C=O) groups excluding carboxylic acids is 2. The summed E-state index contributed by atoms with van der Waals surface area (Å²) < 4.78 is 13.7. The minimum atomic E-state index is -1.13. The molecule has 0 radical (unpaired) electrons. The van der Waals surface area contributed by atoms with E-state index in [2.05, 4.69) is 10.6 Å². The van der Waals surface area contributed by atoms with Crippen molar-refractivity contribution in [1.29, 1.82) is 5.26 Å². The van der Waals surface area contributed by atoms with Crippen molar-refractivity contribution in [1.82, 2.24) is 10.2 Å². The Bertz CT molecular complexity index is 1160. The third-order valence-corrected chi connectivity index (χ3v) is 8.70. The lowest BCUT2D eigenvalue weighted by molar-refractivity contribution is -0.131. The van der Waals surface area contributed by atoms with Gasteiger partial charge in [0.15, 0.2) is 5.78 Å². The number of halogens is 1. The highest BCUT2D eigenvalue weighted by atomic mass is 19.1.